The van der Waals surface area contributed by atoms with E-state index in [9.17, 15) is 9.59 Å². The van der Waals surface area contributed by atoms with Gasteiger partial charge in [0.05, 0.1) is 13.3 Å². The number of nitrogens with one attached hydrogen (secondary N) is 2. The number of halogens is 2. The van der Waals surface area contributed by atoms with E-state index < -0.39 is 11.8 Å². The van der Waals surface area contributed by atoms with Crippen molar-refractivity contribution in [3.63, 3.8) is 0 Å². The van der Waals surface area contributed by atoms with Crippen LogP contribution in [0, 0.1) is 0 Å². The average Bonchev–Trinajstić information content (AvgIpc) is 2.73. The third-order valence-corrected chi connectivity index (χ3v) is 4.93. The smallest absolute Gasteiger partial charge is 0.329 e. The summed E-state index contributed by atoms with van der Waals surface area (Å²) in [6, 6.07) is 10.3. The van der Waals surface area contributed by atoms with Gasteiger partial charge >= 0.3 is 11.8 Å². The molecule has 0 spiro atoms. The van der Waals surface area contributed by atoms with E-state index in [0.29, 0.717) is 39.1 Å². The Hall–Kier alpha value is -2.77. The molecule has 0 saturated carbocycles. The van der Waals surface area contributed by atoms with Crippen molar-refractivity contribution in [2.45, 2.75) is 32.9 Å². The van der Waals surface area contributed by atoms with Gasteiger partial charge in [0.15, 0.2) is 11.5 Å². The molecule has 9 heteroatoms. The van der Waals surface area contributed by atoms with Crippen LogP contribution in [0.3, 0.4) is 0 Å². The Morgan fingerprint density at radius 2 is 1.80 bits per heavy atom. The zero-order valence-corrected chi connectivity index (χ0v) is 18.4. The summed E-state index contributed by atoms with van der Waals surface area (Å²) in [5.74, 6) is -0.766. The van der Waals surface area contributed by atoms with Crippen LogP contribution < -0.4 is 20.2 Å². The van der Waals surface area contributed by atoms with E-state index in [1.54, 1.807) is 43.3 Å². The molecule has 7 nitrogen and oxygen atoms in total. The Labute approximate surface area is 185 Å². The summed E-state index contributed by atoms with van der Waals surface area (Å²) in [5.41, 5.74) is 3.35. The van der Waals surface area contributed by atoms with Gasteiger partial charge in [-0.3, -0.25) is 9.59 Å². The lowest BCUT2D eigenvalue weighted by Gasteiger charge is -2.14. The van der Waals surface area contributed by atoms with Gasteiger partial charge in [0, 0.05) is 27.2 Å². The largest absolute Gasteiger partial charge is 0.493 e. The number of para-hydroxylation sites is 1. The number of carbonyl (C=O) groups is 2. The maximum atomic E-state index is 11.9. The predicted molar refractivity (Wildman–Crippen MR) is 117 cm³/mol. The first-order valence-corrected chi connectivity index (χ1v) is 9.99. The maximum absolute atomic E-state index is 11.9. The highest BCUT2D eigenvalue weighted by atomic mass is 35.5. The van der Waals surface area contributed by atoms with Gasteiger partial charge in [-0.2, -0.15) is 5.10 Å². The normalized spacial score (nSPS) is 11.8. The lowest BCUT2D eigenvalue weighted by atomic mass is 10.2. The Morgan fingerprint density at radius 1 is 1.13 bits per heavy atom. The number of ether oxygens (including phenoxy) is 2. The molecule has 0 aliphatic heterocycles. The minimum Gasteiger partial charge on any atom is -0.493 e. The highest BCUT2D eigenvalue weighted by Gasteiger charge is 2.15. The van der Waals surface area contributed by atoms with Crippen LogP contribution in [-0.2, 0) is 16.2 Å². The van der Waals surface area contributed by atoms with Crippen molar-refractivity contribution < 1.29 is 19.1 Å². The quantitative estimate of drug-likeness (QED) is 0.361. The number of nitrogens with zero attached hydrogens (tertiary/aromatic N) is 1. The molecule has 0 bridgehead atoms. The average molecular weight is 452 g/mol. The van der Waals surface area contributed by atoms with Crippen molar-refractivity contribution in [2.75, 3.05) is 7.11 Å². The van der Waals surface area contributed by atoms with Gasteiger partial charge in [0.2, 0.25) is 0 Å². The summed E-state index contributed by atoms with van der Waals surface area (Å²) in [5, 5.41) is 7.37. The highest BCUT2D eigenvalue weighted by Crippen LogP contribution is 2.32. The second kappa shape index (κ2) is 11.4. The molecular formula is C21H23Cl2N3O4. The fourth-order valence-electron chi connectivity index (χ4n) is 2.37. The van der Waals surface area contributed by atoms with Gasteiger partial charge in [0.1, 0.15) is 6.61 Å². The lowest BCUT2D eigenvalue weighted by Crippen LogP contribution is -2.41. The van der Waals surface area contributed by atoms with Crippen molar-refractivity contribution in [2.24, 2.45) is 5.10 Å². The number of carbonyl (C=O) groups excluding carboxylic acids is 2. The first-order valence-electron chi connectivity index (χ1n) is 9.23. The fraction of sp³-hybridized carbons (Fsp3) is 0.286. The number of hydrogen-bond donors (Lipinski definition) is 2. The van der Waals surface area contributed by atoms with Crippen molar-refractivity contribution in [1.82, 2.24) is 10.7 Å². The van der Waals surface area contributed by atoms with Gasteiger partial charge < -0.3 is 14.8 Å². The van der Waals surface area contributed by atoms with E-state index in [4.69, 9.17) is 32.7 Å². The third kappa shape index (κ3) is 6.37. The topological polar surface area (TPSA) is 89.0 Å². The van der Waals surface area contributed by atoms with Crippen LogP contribution in [-0.4, -0.2) is 31.2 Å². The minimum atomic E-state index is -0.861. The van der Waals surface area contributed by atoms with Crippen molar-refractivity contribution in [3.8, 4) is 11.5 Å². The van der Waals surface area contributed by atoms with E-state index in [0.717, 1.165) is 0 Å². The number of rotatable bonds is 8. The molecular weight excluding hydrogens is 429 g/mol. The fourth-order valence-corrected chi connectivity index (χ4v) is 2.87. The number of hydrazone groups is 1. The molecule has 0 fully saturated rings. The van der Waals surface area contributed by atoms with Crippen LogP contribution >= 0.6 is 23.2 Å². The van der Waals surface area contributed by atoms with Gasteiger partial charge in [-0.25, -0.2) is 5.43 Å². The Balaban J connectivity index is 2.14. The Bertz CT molecular complexity index is 914. The van der Waals surface area contributed by atoms with E-state index in [1.165, 1.54) is 13.3 Å². The second-order valence-corrected chi connectivity index (χ2v) is 7.16. The molecule has 0 unspecified atom stereocenters. The maximum Gasteiger partial charge on any atom is 0.329 e. The highest BCUT2D eigenvalue weighted by molar-refractivity contribution is 6.36. The summed E-state index contributed by atoms with van der Waals surface area (Å²) in [6.45, 7) is 3.81. The Kier molecular flexibility index (Phi) is 8.95. The van der Waals surface area contributed by atoms with Crippen molar-refractivity contribution in [1.29, 1.82) is 0 Å². The zero-order valence-electron chi connectivity index (χ0n) is 16.9. The molecule has 0 saturated heterocycles. The molecule has 0 aliphatic rings. The van der Waals surface area contributed by atoms with E-state index in [2.05, 4.69) is 15.8 Å². The first-order chi connectivity index (χ1) is 14.4. The predicted octanol–water partition coefficient (Wildman–Crippen LogP) is 3.95. The van der Waals surface area contributed by atoms with Crippen LogP contribution in [0.15, 0.2) is 41.5 Å². The van der Waals surface area contributed by atoms with E-state index >= 15 is 0 Å². The zero-order chi connectivity index (χ0) is 22.1. The third-order valence-electron chi connectivity index (χ3n) is 4.22. The van der Waals surface area contributed by atoms with Crippen LogP contribution in [0.4, 0.5) is 0 Å². The molecule has 0 aromatic heterocycles. The molecule has 2 rings (SSSR count). The van der Waals surface area contributed by atoms with Crippen LogP contribution in [0.1, 0.15) is 31.4 Å². The van der Waals surface area contributed by atoms with Crippen LogP contribution in [0.5, 0.6) is 11.5 Å². The number of hydrogen-bond acceptors (Lipinski definition) is 5. The number of methoxy groups -OCH3 is 1. The number of benzene rings is 2. The molecule has 0 heterocycles. The molecule has 2 amide bonds. The Morgan fingerprint density at radius 3 is 2.43 bits per heavy atom. The van der Waals surface area contributed by atoms with Crippen LogP contribution in [0.2, 0.25) is 10.0 Å². The van der Waals surface area contributed by atoms with E-state index in [-0.39, 0.29) is 12.6 Å². The van der Waals surface area contributed by atoms with Gasteiger partial charge in [-0.15, -0.1) is 0 Å². The van der Waals surface area contributed by atoms with Crippen molar-refractivity contribution >= 4 is 41.2 Å². The monoisotopic (exact) mass is 451 g/mol. The number of amides is 2. The molecule has 2 N–H and O–H groups in total. The molecule has 30 heavy (non-hydrogen) atoms. The standard InChI is InChI=1S/C21H23Cl2N3O4/c1-4-13(2)25-20(27)21(28)26-24-11-14-7-5-10-18(29-3)19(14)30-12-15-16(22)8-6-9-17(15)23/h5-11,13H,4,12H2,1-3H3,(H,25,27)(H,26,28)/b24-11-/t13-/m0/s1. The molecule has 160 valence electrons. The summed E-state index contributed by atoms with van der Waals surface area (Å²) >= 11 is 12.4. The second-order valence-electron chi connectivity index (χ2n) is 6.35. The van der Waals surface area contributed by atoms with Gasteiger partial charge in [-0.05, 0) is 37.6 Å². The SMILES string of the molecule is CC[C@H](C)NC(=O)C(=O)N/N=C\c1cccc(OC)c1OCc1c(Cl)cccc1Cl. The summed E-state index contributed by atoms with van der Waals surface area (Å²) in [4.78, 5) is 23.6. The molecule has 2 aromatic carbocycles. The first kappa shape index (κ1) is 23.5. The van der Waals surface area contributed by atoms with Crippen LogP contribution in [0.25, 0.3) is 0 Å². The summed E-state index contributed by atoms with van der Waals surface area (Å²) < 4.78 is 11.3. The molecule has 2 aromatic rings. The lowest BCUT2D eigenvalue weighted by molar-refractivity contribution is -0.139. The summed E-state index contributed by atoms with van der Waals surface area (Å²) in [6.07, 6.45) is 2.07. The molecule has 0 aliphatic carbocycles. The molecule has 1 atom stereocenters. The molecule has 0 radical (unpaired) electrons. The summed E-state index contributed by atoms with van der Waals surface area (Å²) in [7, 11) is 1.51. The van der Waals surface area contributed by atoms with Gasteiger partial charge in [0.25, 0.3) is 0 Å². The van der Waals surface area contributed by atoms with Gasteiger partial charge in [-0.1, -0.05) is 42.3 Å². The van der Waals surface area contributed by atoms with E-state index in [1.807, 2.05) is 6.92 Å². The minimum absolute atomic E-state index is 0.101. The van der Waals surface area contributed by atoms with Crippen molar-refractivity contribution in [3.05, 3.63) is 57.6 Å².